The van der Waals surface area contributed by atoms with Gasteiger partial charge < -0.3 is 5.11 Å². The molecule has 3 aromatic rings. The van der Waals surface area contributed by atoms with E-state index in [2.05, 4.69) is 48.3 Å². The molecule has 124 valence electrons. The van der Waals surface area contributed by atoms with Crippen LogP contribution >= 0.6 is 11.8 Å². The number of hydrogen-bond donors (Lipinski definition) is 1. The molecular formula is C18H19N3O2S. The van der Waals surface area contributed by atoms with Crippen molar-refractivity contribution in [1.82, 2.24) is 14.8 Å². The van der Waals surface area contributed by atoms with Gasteiger partial charge in [0.2, 0.25) is 0 Å². The first kappa shape index (κ1) is 16.5. The topological polar surface area (TPSA) is 68.0 Å². The first-order valence-corrected chi connectivity index (χ1v) is 8.44. The van der Waals surface area contributed by atoms with E-state index in [-0.39, 0.29) is 0 Å². The van der Waals surface area contributed by atoms with Crippen LogP contribution in [0.5, 0.6) is 0 Å². The van der Waals surface area contributed by atoms with Crippen molar-refractivity contribution in [3.8, 4) is 5.69 Å². The number of thioether (sulfide) groups is 1. The van der Waals surface area contributed by atoms with Crippen molar-refractivity contribution < 1.29 is 9.90 Å². The molecule has 5 nitrogen and oxygen atoms in total. The van der Waals surface area contributed by atoms with Gasteiger partial charge in [0.05, 0.1) is 5.69 Å². The molecular weight excluding hydrogens is 322 g/mol. The Balaban J connectivity index is 2.17. The average Bonchev–Trinajstić information content (AvgIpc) is 2.94. The molecule has 6 heteroatoms. The number of carboxylic acid groups (broad SMARTS) is 1. The SMILES string of the molecule is Cc1ccc2c(C)ccc(-n3cnnc3SC(C)(C)C(=O)O)c2c1. The van der Waals surface area contributed by atoms with E-state index < -0.39 is 10.7 Å². The molecule has 2 aromatic carbocycles. The molecule has 0 aliphatic heterocycles. The molecule has 1 N–H and O–H groups in total. The second kappa shape index (κ2) is 5.94. The zero-order chi connectivity index (χ0) is 17.5. The Labute approximate surface area is 144 Å². The third kappa shape index (κ3) is 2.89. The van der Waals surface area contributed by atoms with Crippen LogP contribution in [-0.2, 0) is 4.79 Å². The standard InChI is InChI=1S/C18H19N3O2S/c1-11-5-7-13-12(2)6-8-15(14(13)9-11)21-10-19-20-17(21)24-18(3,4)16(22)23/h5-10H,1-4H3,(H,22,23). The summed E-state index contributed by atoms with van der Waals surface area (Å²) >= 11 is 1.19. The van der Waals surface area contributed by atoms with Gasteiger partial charge in [-0.25, -0.2) is 0 Å². The summed E-state index contributed by atoms with van der Waals surface area (Å²) in [6.45, 7) is 7.46. The summed E-state index contributed by atoms with van der Waals surface area (Å²) in [6.07, 6.45) is 1.63. The number of hydrogen-bond acceptors (Lipinski definition) is 4. The fourth-order valence-corrected chi connectivity index (χ4v) is 3.41. The van der Waals surface area contributed by atoms with Gasteiger partial charge in [0.15, 0.2) is 5.16 Å². The smallest absolute Gasteiger partial charge is 0.319 e. The van der Waals surface area contributed by atoms with Gasteiger partial charge in [-0.3, -0.25) is 9.36 Å². The van der Waals surface area contributed by atoms with Gasteiger partial charge >= 0.3 is 5.97 Å². The summed E-state index contributed by atoms with van der Waals surface area (Å²) < 4.78 is 0.873. The normalized spacial score (nSPS) is 11.8. The molecule has 0 aliphatic rings. The van der Waals surface area contributed by atoms with Gasteiger partial charge in [0.1, 0.15) is 11.1 Å². The Morgan fingerprint density at radius 3 is 2.62 bits per heavy atom. The maximum absolute atomic E-state index is 11.4. The van der Waals surface area contributed by atoms with E-state index >= 15 is 0 Å². The van der Waals surface area contributed by atoms with Gasteiger partial charge in [0.25, 0.3) is 0 Å². The molecule has 0 saturated carbocycles. The summed E-state index contributed by atoms with van der Waals surface area (Å²) in [6, 6.07) is 10.4. The van der Waals surface area contributed by atoms with Crippen molar-refractivity contribution in [2.75, 3.05) is 0 Å². The number of carboxylic acids is 1. The number of carbonyl (C=O) groups is 1. The van der Waals surface area contributed by atoms with Crippen molar-refractivity contribution in [1.29, 1.82) is 0 Å². The quantitative estimate of drug-likeness (QED) is 0.727. The first-order valence-electron chi connectivity index (χ1n) is 7.62. The van der Waals surface area contributed by atoms with Crippen LogP contribution in [-0.4, -0.2) is 30.6 Å². The molecule has 1 heterocycles. The highest BCUT2D eigenvalue weighted by molar-refractivity contribution is 8.01. The lowest BCUT2D eigenvalue weighted by Gasteiger charge is -2.18. The molecule has 0 atom stereocenters. The second-order valence-corrected chi connectivity index (χ2v) is 7.94. The van der Waals surface area contributed by atoms with Crippen LogP contribution < -0.4 is 0 Å². The minimum absolute atomic E-state index is 0.564. The molecule has 0 radical (unpaired) electrons. The number of benzene rings is 2. The van der Waals surface area contributed by atoms with Crippen molar-refractivity contribution >= 4 is 28.5 Å². The third-order valence-electron chi connectivity index (χ3n) is 4.00. The van der Waals surface area contributed by atoms with Crippen LogP contribution in [0, 0.1) is 13.8 Å². The summed E-state index contributed by atoms with van der Waals surface area (Å²) in [5, 5.41) is 20.3. The van der Waals surface area contributed by atoms with Crippen molar-refractivity contribution in [2.45, 2.75) is 37.6 Å². The number of fused-ring (bicyclic) bond motifs is 1. The molecule has 24 heavy (non-hydrogen) atoms. The Morgan fingerprint density at radius 2 is 1.92 bits per heavy atom. The fraction of sp³-hybridized carbons (Fsp3) is 0.278. The van der Waals surface area contributed by atoms with E-state index in [0.717, 1.165) is 11.1 Å². The van der Waals surface area contributed by atoms with Crippen LogP contribution in [0.15, 0.2) is 41.8 Å². The zero-order valence-corrected chi connectivity index (χ0v) is 14.9. The maximum atomic E-state index is 11.4. The lowest BCUT2D eigenvalue weighted by Crippen LogP contribution is -2.27. The van der Waals surface area contributed by atoms with Crippen molar-refractivity contribution in [3.63, 3.8) is 0 Å². The Bertz CT molecular complexity index is 931. The van der Waals surface area contributed by atoms with Crippen LogP contribution in [0.3, 0.4) is 0 Å². The molecule has 0 spiro atoms. The van der Waals surface area contributed by atoms with Crippen molar-refractivity contribution in [2.24, 2.45) is 0 Å². The lowest BCUT2D eigenvalue weighted by molar-refractivity contribution is -0.138. The van der Waals surface area contributed by atoms with E-state index in [4.69, 9.17) is 0 Å². The zero-order valence-electron chi connectivity index (χ0n) is 14.1. The van der Waals surface area contributed by atoms with Gasteiger partial charge in [-0.15, -0.1) is 10.2 Å². The molecule has 0 saturated heterocycles. The van der Waals surface area contributed by atoms with Crippen LogP contribution in [0.4, 0.5) is 0 Å². The summed E-state index contributed by atoms with van der Waals surface area (Å²) in [5.41, 5.74) is 3.32. The predicted octanol–water partition coefficient (Wildman–Crippen LogP) is 3.99. The monoisotopic (exact) mass is 341 g/mol. The van der Waals surface area contributed by atoms with Gasteiger partial charge in [0, 0.05) is 5.39 Å². The largest absolute Gasteiger partial charge is 0.480 e. The van der Waals surface area contributed by atoms with Gasteiger partial charge in [-0.1, -0.05) is 35.5 Å². The number of aliphatic carboxylic acids is 1. The summed E-state index contributed by atoms with van der Waals surface area (Å²) in [5.74, 6) is -0.883. The Hall–Kier alpha value is -2.34. The minimum atomic E-state index is -0.985. The number of aryl methyl sites for hydroxylation is 2. The third-order valence-corrected chi connectivity index (χ3v) is 5.15. The number of nitrogens with zero attached hydrogens (tertiary/aromatic N) is 3. The highest BCUT2D eigenvalue weighted by atomic mass is 32.2. The predicted molar refractivity (Wildman–Crippen MR) is 95.9 cm³/mol. The van der Waals surface area contributed by atoms with Gasteiger partial charge in [-0.05, 0) is 50.8 Å². The summed E-state index contributed by atoms with van der Waals surface area (Å²) in [7, 11) is 0. The highest BCUT2D eigenvalue weighted by Gasteiger charge is 2.31. The number of rotatable bonds is 4. The Kier molecular flexibility index (Phi) is 4.09. The molecule has 0 unspecified atom stereocenters. The molecule has 3 rings (SSSR count). The van der Waals surface area contributed by atoms with E-state index in [1.54, 1.807) is 20.2 Å². The van der Waals surface area contributed by atoms with E-state index in [1.165, 1.54) is 28.3 Å². The first-order chi connectivity index (χ1) is 11.3. The fourth-order valence-electron chi connectivity index (χ4n) is 2.54. The van der Waals surface area contributed by atoms with E-state index in [1.807, 2.05) is 10.6 Å². The Morgan fingerprint density at radius 1 is 1.17 bits per heavy atom. The van der Waals surface area contributed by atoms with Crippen LogP contribution in [0.2, 0.25) is 0 Å². The lowest BCUT2D eigenvalue weighted by atomic mass is 10.0. The molecule has 0 bridgehead atoms. The van der Waals surface area contributed by atoms with Crippen molar-refractivity contribution in [3.05, 3.63) is 47.8 Å². The maximum Gasteiger partial charge on any atom is 0.319 e. The molecule has 0 aliphatic carbocycles. The van der Waals surface area contributed by atoms with Gasteiger partial charge in [-0.2, -0.15) is 0 Å². The van der Waals surface area contributed by atoms with E-state index in [9.17, 15) is 9.90 Å². The second-order valence-electron chi connectivity index (χ2n) is 6.35. The average molecular weight is 341 g/mol. The molecule has 1 aromatic heterocycles. The number of aromatic nitrogens is 3. The van der Waals surface area contributed by atoms with E-state index in [0.29, 0.717) is 5.16 Å². The molecule has 0 fully saturated rings. The van der Waals surface area contributed by atoms with Crippen LogP contribution in [0.25, 0.3) is 16.5 Å². The van der Waals surface area contributed by atoms with Crippen LogP contribution in [0.1, 0.15) is 25.0 Å². The highest BCUT2D eigenvalue weighted by Crippen LogP contribution is 2.34. The minimum Gasteiger partial charge on any atom is -0.480 e. The molecule has 0 amide bonds. The summed E-state index contributed by atoms with van der Waals surface area (Å²) in [4.78, 5) is 11.4.